The van der Waals surface area contributed by atoms with E-state index in [0.29, 0.717) is 12.1 Å². The molecule has 0 atom stereocenters. The SMILES string of the molecule is CCn1cc(S(=O)(=O)NCc2cccc(F)c2)c(N)n1. The first-order valence-electron chi connectivity index (χ1n) is 5.99. The summed E-state index contributed by atoms with van der Waals surface area (Å²) in [5, 5.41) is 3.88. The molecule has 0 fully saturated rings. The fourth-order valence-corrected chi connectivity index (χ4v) is 2.78. The second-order valence-electron chi connectivity index (χ2n) is 4.19. The number of sulfonamides is 1. The van der Waals surface area contributed by atoms with Gasteiger partial charge in [-0.15, -0.1) is 0 Å². The van der Waals surface area contributed by atoms with Gasteiger partial charge in [-0.05, 0) is 24.6 Å². The van der Waals surface area contributed by atoms with Crippen molar-refractivity contribution in [1.29, 1.82) is 0 Å². The number of halogens is 1. The van der Waals surface area contributed by atoms with Gasteiger partial charge in [-0.3, -0.25) is 4.68 Å². The van der Waals surface area contributed by atoms with Gasteiger partial charge in [-0.2, -0.15) is 5.10 Å². The van der Waals surface area contributed by atoms with Crippen molar-refractivity contribution in [3.8, 4) is 0 Å². The molecule has 0 radical (unpaired) electrons. The van der Waals surface area contributed by atoms with E-state index in [4.69, 9.17) is 5.73 Å². The molecule has 2 aromatic rings. The lowest BCUT2D eigenvalue weighted by molar-refractivity contribution is 0.580. The fraction of sp³-hybridized carbons (Fsp3) is 0.250. The molecule has 0 spiro atoms. The summed E-state index contributed by atoms with van der Waals surface area (Å²) in [6, 6.07) is 5.70. The first kappa shape index (κ1) is 14.5. The van der Waals surface area contributed by atoms with Crippen LogP contribution in [0.25, 0.3) is 0 Å². The zero-order valence-corrected chi connectivity index (χ0v) is 11.7. The predicted molar refractivity (Wildman–Crippen MR) is 72.7 cm³/mol. The molecule has 8 heteroatoms. The molecule has 108 valence electrons. The lowest BCUT2D eigenvalue weighted by atomic mass is 10.2. The molecule has 0 bridgehead atoms. The molecule has 0 amide bonds. The van der Waals surface area contributed by atoms with E-state index in [1.165, 1.54) is 29.1 Å². The first-order chi connectivity index (χ1) is 9.42. The lowest BCUT2D eigenvalue weighted by Gasteiger charge is -2.05. The molecule has 20 heavy (non-hydrogen) atoms. The van der Waals surface area contributed by atoms with E-state index in [2.05, 4.69) is 9.82 Å². The van der Waals surface area contributed by atoms with Crippen LogP contribution in [0.4, 0.5) is 10.2 Å². The first-order valence-corrected chi connectivity index (χ1v) is 7.47. The van der Waals surface area contributed by atoms with Gasteiger partial charge in [0.15, 0.2) is 5.82 Å². The van der Waals surface area contributed by atoms with Gasteiger partial charge in [0.1, 0.15) is 10.7 Å². The second-order valence-corrected chi connectivity index (χ2v) is 5.92. The number of aryl methyl sites for hydroxylation is 1. The summed E-state index contributed by atoms with van der Waals surface area (Å²) in [7, 11) is -3.77. The Labute approximate surface area is 116 Å². The van der Waals surface area contributed by atoms with Gasteiger partial charge in [0.05, 0.1) is 0 Å². The molecule has 1 aromatic carbocycles. The standard InChI is InChI=1S/C12H15FN4O2S/c1-2-17-8-11(12(14)16-17)20(18,19)15-7-9-4-3-5-10(13)6-9/h3-6,8,15H,2,7H2,1H3,(H2,14,16). The minimum absolute atomic E-state index is 0.0170. The summed E-state index contributed by atoms with van der Waals surface area (Å²) in [6.45, 7) is 2.32. The number of nitrogen functional groups attached to an aromatic ring is 1. The molecule has 0 saturated heterocycles. The Bertz CT molecular complexity index is 712. The Morgan fingerprint density at radius 1 is 1.45 bits per heavy atom. The Morgan fingerprint density at radius 2 is 2.20 bits per heavy atom. The number of nitrogens with zero attached hydrogens (tertiary/aromatic N) is 2. The molecule has 0 aliphatic rings. The van der Waals surface area contributed by atoms with E-state index in [-0.39, 0.29) is 17.3 Å². The maximum atomic E-state index is 13.0. The normalized spacial score (nSPS) is 11.7. The molecule has 6 nitrogen and oxygen atoms in total. The molecular formula is C12H15FN4O2S. The van der Waals surface area contributed by atoms with Crippen LogP contribution >= 0.6 is 0 Å². The average molecular weight is 298 g/mol. The molecule has 0 saturated carbocycles. The molecule has 0 aliphatic heterocycles. The molecule has 1 heterocycles. The number of nitrogens with one attached hydrogen (secondary N) is 1. The van der Waals surface area contributed by atoms with E-state index in [9.17, 15) is 12.8 Å². The highest BCUT2D eigenvalue weighted by Crippen LogP contribution is 2.16. The lowest BCUT2D eigenvalue weighted by Crippen LogP contribution is -2.23. The molecule has 2 rings (SSSR count). The van der Waals surface area contributed by atoms with E-state index in [1.54, 1.807) is 6.07 Å². The van der Waals surface area contributed by atoms with E-state index in [1.807, 2.05) is 6.92 Å². The second kappa shape index (κ2) is 5.59. The number of hydrogen-bond acceptors (Lipinski definition) is 4. The van der Waals surface area contributed by atoms with Gasteiger partial charge in [-0.25, -0.2) is 17.5 Å². The van der Waals surface area contributed by atoms with Gasteiger partial charge < -0.3 is 5.73 Å². The molecular weight excluding hydrogens is 283 g/mol. The van der Waals surface area contributed by atoms with Crippen molar-refractivity contribution in [3.63, 3.8) is 0 Å². The van der Waals surface area contributed by atoms with Gasteiger partial charge in [0.2, 0.25) is 10.0 Å². The van der Waals surface area contributed by atoms with Crippen molar-refractivity contribution < 1.29 is 12.8 Å². The summed E-state index contributed by atoms with van der Waals surface area (Å²) < 4.78 is 41.0. The third-order valence-corrected chi connectivity index (χ3v) is 4.14. The van der Waals surface area contributed by atoms with Crippen LogP contribution in [0, 0.1) is 5.82 Å². The van der Waals surface area contributed by atoms with Gasteiger partial charge in [0, 0.05) is 19.3 Å². The van der Waals surface area contributed by atoms with Crippen LogP contribution in [0.1, 0.15) is 12.5 Å². The summed E-state index contributed by atoms with van der Waals surface area (Å²) >= 11 is 0. The maximum absolute atomic E-state index is 13.0. The topological polar surface area (TPSA) is 90.0 Å². The van der Waals surface area contributed by atoms with Crippen LogP contribution in [0.5, 0.6) is 0 Å². The van der Waals surface area contributed by atoms with Crippen molar-refractivity contribution in [2.75, 3.05) is 5.73 Å². The third-order valence-electron chi connectivity index (χ3n) is 2.72. The molecule has 1 aromatic heterocycles. The van der Waals surface area contributed by atoms with Crippen molar-refractivity contribution in [2.24, 2.45) is 0 Å². The highest BCUT2D eigenvalue weighted by atomic mass is 32.2. The van der Waals surface area contributed by atoms with Crippen LogP contribution in [-0.4, -0.2) is 18.2 Å². The van der Waals surface area contributed by atoms with Gasteiger partial charge in [0.25, 0.3) is 0 Å². The number of benzene rings is 1. The number of anilines is 1. The van der Waals surface area contributed by atoms with Crippen LogP contribution in [0.3, 0.4) is 0 Å². The van der Waals surface area contributed by atoms with Crippen LogP contribution < -0.4 is 10.5 Å². The fourth-order valence-electron chi connectivity index (χ4n) is 1.69. The monoisotopic (exact) mass is 298 g/mol. The zero-order valence-electron chi connectivity index (χ0n) is 10.9. The predicted octanol–water partition coefficient (Wildman–Crippen LogP) is 1.10. The Kier molecular flexibility index (Phi) is 4.05. The van der Waals surface area contributed by atoms with Gasteiger partial charge in [-0.1, -0.05) is 12.1 Å². The summed E-state index contributed by atoms with van der Waals surface area (Å²) in [6.07, 6.45) is 1.36. The quantitative estimate of drug-likeness (QED) is 0.865. The van der Waals surface area contributed by atoms with Gasteiger partial charge >= 0.3 is 0 Å². The van der Waals surface area contributed by atoms with E-state index in [0.717, 1.165) is 0 Å². The van der Waals surface area contributed by atoms with Crippen molar-refractivity contribution >= 4 is 15.8 Å². The smallest absolute Gasteiger partial charge is 0.246 e. The van der Waals surface area contributed by atoms with Crippen molar-refractivity contribution in [1.82, 2.24) is 14.5 Å². The minimum Gasteiger partial charge on any atom is -0.381 e. The van der Waals surface area contributed by atoms with Crippen LogP contribution in [0.15, 0.2) is 35.4 Å². The van der Waals surface area contributed by atoms with E-state index >= 15 is 0 Å². The molecule has 0 aliphatic carbocycles. The Morgan fingerprint density at radius 3 is 2.80 bits per heavy atom. The minimum atomic E-state index is -3.77. The molecule has 3 N–H and O–H groups in total. The summed E-state index contributed by atoms with van der Waals surface area (Å²) in [4.78, 5) is -0.0734. The molecule has 0 unspecified atom stereocenters. The number of rotatable bonds is 5. The highest BCUT2D eigenvalue weighted by Gasteiger charge is 2.20. The number of hydrogen-bond donors (Lipinski definition) is 2. The third kappa shape index (κ3) is 3.14. The van der Waals surface area contributed by atoms with Crippen molar-refractivity contribution in [2.45, 2.75) is 24.9 Å². The summed E-state index contributed by atoms with van der Waals surface area (Å²) in [5.41, 5.74) is 6.11. The number of nitrogens with two attached hydrogens (primary N) is 1. The van der Waals surface area contributed by atoms with Crippen LogP contribution in [-0.2, 0) is 23.1 Å². The highest BCUT2D eigenvalue weighted by molar-refractivity contribution is 7.89. The summed E-state index contributed by atoms with van der Waals surface area (Å²) in [5.74, 6) is -0.474. The Balaban J connectivity index is 2.17. The maximum Gasteiger partial charge on any atom is 0.246 e. The van der Waals surface area contributed by atoms with E-state index < -0.39 is 15.8 Å². The number of aromatic nitrogens is 2. The Hall–Kier alpha value is -1.93. The average Bonchev–Trinajstić information content (AvgIpc) is 2.79. The largest absolute Gasteiger partial charge is 0.381 e. The van der Waals surface area contributed by atoms with Crippen LogP contribution in [0.2, 0.25) is 0 Å². The van der Waals surface area contributed by atoms with Crippen molar-refractivity contribution in [3.05, 3.63) is 41.8 Å². The zero-order chi connectivity index (χ0) is 14.8.